The molecule has 5 nitrogen and oxygen atoms in total. The van der Waals surface area contributed by atoms with E-state index in [0.29, 0.717) is 23.7 Å². The second kappa shape index (κ2) is 6.61. The molecule has 20 heavy (non-hydrogen) atoms. The molecule has 0 saturated carbocycles. The Hall–Kier alpha value is -1.75. The molecule has 0 amide bonds. The van der Waals surface area contributed by atoms with Crippen LogP contribution in [-0.2, 0) is 0 Å². The molecule has 2 rings (SSSR count). The molecule has 0 aliphatic carbocycles. The van der Waals surface area contributed by atoms with Gasteiger partial charge in [0.2, 0.25) is 11.7 Å². The van der Waals surface area contributed by atoms with Gasteiger partial charge < -0.3 is 9.84 Å². The van der Waals surface area contributed by atoms with E-state index in [1.165, 1.54) is 0 Å². The lowest BCUT2D eigenvalue weighted by molar-refractivity contribution is 0.281. The molecule has 0 fully saturated rings. The third-order valence-corrected chi connectivity index (χ3v) is 3.43. The molecule has 0 bridgehead atoms. The van der Waals surface area contributed by atoms with Crippen LogP contribution >= 0.6 is 0 Å². The Bertz CT molecular complexity index is 524. The van der Waals surface area contributed by atoms with E-state index >= 15 is 0 Å². The maximum absolute atomic E-state index is 5.48. The number of rotatable bonds is 6. The van der Waals surface area contributed by atoms with Crippen molar-refractivity contribution in [3.8, 4) is 11.4 Å². The Kier molecular flexibility index (Phi) is 4.84. The molecule has 0 aliphatic heterocycles. The quantitative estimate of drug-likeness (QED) is 0.877. The minimum atomic E-state index is 0.202. The van der Waals surface area contributed by atoms with Crippen molar-refractivity contribution in [1.29, 1.82) is 0 Å². The SMILES string of the molecule is CCNC(C)C(c1nc(-c2cccnc2)no1)C(C)C. The van der Waals surface area contributed by atoms with Crippen LogP contribution in [-0.4, -0.2) is 27.7 Å². The molecule has 0 spiro atoms. The highest BCUT2D eigenvalue weighted by Crippen LogP contribution is 2.28. The van der Waals surface area contributed by atoms with Gasteiger partial charge in [0.05, 0.1) is 5.92 Å². The van der Waals surface area contributed by atoms with Crippen molar-refractivity contribution in [2.45, 2.75) is 39.7 Å². The van der Waals surface area contributed by atoms with Gasteiger partial charge in [-0.15, -0.1) is 0 Å². The summed E-state index contributed by atoms with van der Waals surface area (Å²) in [4.78, 5) is 8.63. The van der Waals surface area contributed by atoms with Gasteiger partial charge in [0.25, 0.3) is 0 Å². The Morgan fingerprint density at radius 1 is 1.30 bits per heavy atom. The lowest BCUT2D eigenvalue weighted by Crippen LogP contribution is -2.34. The predicted molar refractivity (Wildman–Crippen MR) is 78.2 cm³/mol. The summed E-state index contributed by atoms with van der Waals surface area (Å²) in [6, 6.07) is 4.09. The molecule has 2 atom stereocenters. The lowest BCUT2D eigenvalue weighted by Gasteiger charge is -2.24. The van der Waals surface area contributed by atoms with Crippen LogP contribution in [0.4, 0.5) is 0 Å². The fourth-order valence-electron chi connectivity index (χ4n) is 2.51. The normalized spacial score (nSPS) is 14.4. The first-order valence-electron chi connectivity index (χ1n) is 7.10. The molecule has 0 radical (unpaired) electrons. The summed E-state index contributed by atoms with van der Waals surface area (Å²) >= 11 is 0. The average Bonchev–Trinajstić information content (AvgIpc) is 2.89. The molecule has 2 heterocycles. The second-order valence-electron chi connectivity index (χ2n) is 5.31. The summed E-state index contributed by atoms with van der Waals surface area (Å²) < 4.78 is 5.48. The van der Waals surface area contributed by atoms with E-state index < -0.39 is 0 Å². The summed E-state index contributed by atoms with van der Waals surface area (Å²) in [5.74, 6) is 1.91. The number of hydrogen-bond acceptors (Lipinski definition) is 5. The highest BCUT2D eigenvalue weighted by atomic mass is 16.5. The van der Waals surface area contributed by atoms with Crippen molar-refractivity contribution in [3.63, 3.8) is 0 Å². The predicted octanol–water partition coefficient (Wildman–Crippen LogP) is 2.87. The highest BCUT2D eigenvalue weighted by molar-refractivity contribution is 5.51. The van der Waals surface area contributed by atoms with Crippen molar-refractivity contribution in [2.24, 2.45) is 5.92 Å². The van der Waals surface area contributed by atoms with Crippen LogP contribution in [0.25, 0.3) is 11.4 Å². The van der Waals surface area contributed by atoms with Gasteiger partial charge in [0.1, 0.15) is 0 Å². The van der Waals surface area contributed by atoms with Crippen LogP contribution in [0, 0.1) is 5.92 Å². The molecule has 0 aromatic carbocycles. The van der Waals surface area contributed by atoms with E-state index in [9.17, 15) is 0 Å². The van der Waals surface area contributed by atoms with E-state index in [1.807, 2.05) is 12.1 Å². The Balaban J connectivity index is 2.25. The summed E-state index contributed by atoms with van der Waals surface area (Å²) in [7, 11) is 0. The first-order chi connectivity index (χ1) is 9.63. The highest BCUT2D eigenvalue weighted by Gasteiger charge is 2.28. The lowest BCUT2D eigenvalue weighted by atomic mass is 9.89. The minimum absolute atomic E-state index is 0.202. The third-order valence-electron chi connectivity index (χ3n) is 3.43. The summed E-state index contributed by atoms with van der Waals surface area (Å²) in [5.41, 5.74) is 0.876. The fourth-order valence-corrected chi connectivity index (χ4v) is 2.51. The van der Waals surface area contributed by atoms with Gasteiger partial charge in [-0.3, -0.25) is 4.98 Å². The minimum Gasteiger partial charge on any atom is -0.339 e. The number of hydrogen-bond donors (Lipinski definition) is 1. The number of likely N-dealkylation sites (N-methyl/N-ethyl adjacent to an activating group) is 1. The van der Waals surface area contributed by atoms with Gasteiger partial charge in [-0.25, -0.2) is 0 Å². The van der Waals surface area contributed by atoms with Crippen molar-refractivity contribution in [1.82, 2.24) is 20.4 Å². The maximum atomic E-state index is 5.48. The van der Waals surface area contributed by atoms with Crippen molar-refractivity contribution < 1.29 is 4.52 Å². The molecule has 2 aromatic heterocycles. The van der Waals surface area contributed by atoms with E-state index in [-0.39, 0.29) is 5.92 Å². The standard InChI is InChI=1S/C15H22N4O/c1-5-17-11(4)13(10(2)3)15-18-14(19-20-15)12-7-6-8-16-9-12/h6-11,13,17H,5H2,1-4H3. The van der Waals surface area contributed by atoms with Crippen molar-refractivity contribution in [2.75, 3.05) is 6.54 Å². The Labute approximate surface area is 119 Å². The fraction of sp³-hybridized carbons (Fsp3) is 0.533. The van der Waals surface area contributed by atoms with Gasteiger partial charge in [0, 0.05) is 24.0 Å². The van der Waals surface area contributed by atoms with Gasteiger partial charge in [-0.05, 0) is 31.5 Å². The number of nitrogens with one attached hydrogen (secondary N) is 1. The Morgan fingerprint density at radius 3 is 2.70 bits per heavy atom. The molecule has 0 saturated heterocycles. The zero-order valence-corrected chi connectivity index (χ0v) is 12.5. The zero-order chi connectivity index (χ0) is 14.5. The van der Waals surface area contributed by atoms with Crippen LogP contribution in [0.2, 0.25) is 0 Å². The number of aromatic nitrogens is 3. The van der Waals surface area contributed by atoms with Crippen molar-refractivity contribution in [3.05, 3.63) is 30.4 Å². The first-order valence-corrected chi connectivity index (χ1v) is 7.10. The molecular formula is C15H22N4O. The van der Waals surface area contributed by atoms with Gasteiger partial charge in [-0.2, -0.15) is 4.98 Å². The van der Waals surface area contributed by atoms with E-state index in [0.717, 1.165) is 12.1 Å². The average molecular weight is 274 g/mol. The summed E-state index contributed by atoms with van der Waals surface area (Å²) in [6.45, 7) is 9.53. The zero-order valence-electron chi connectivity index (χ0n) is 12.5. The van der Waals surface area contributed by atoms with E-state index in [4.69, 9.17) is 4.52 Å². The number of pyridine rings is 1. The van der Waals surface area contributed by atoms with Crippen LogP contribution in [0.5, 0.6) is 0 Å². The van der Waals surface area contributed by atoms with Crippen LogP contribution in [0.1, 0.15) is 39.5 Å². The maximum Gasteiger partial charge on any atom is 0.231 e. The molecule has 0 aliphatic rings. The molecule has 108 valence electrons. The smallest absolute Gasteiger partial charge is 0.231 e. The Morgan fingerprint density at radius 2 is 2.10 bits per heavy atom. The van der Waals surface area contributed by atoms with Crippen LogP contribution in [0.3, 0.4) is 0 Å². The first kappa shape index (κ1) is 14.7. The van der Waals surface area contributed by atoms with Crippen molar-refractivity contribution >= 4 is 0 Å². The molecule has 1 N–H and O–H groups in total. The van der Waals surface area contributed by atoms with Gasteiger partial charge in [0.15, 0.2) is 0 Å². The second-order valence-corrected chi connectivity index (χ2v) is 5.31. The molecule has 5 heteroatoms. The summed E-state index contributed by atoms with van der Waals surface area (Å²) in [6.07, 6.45) is 3.47. The molecule has 2 unspecified atom stereocenters. The van der Waals surface area contributed by atoms with Gasteiger partial charge >= 0.3 is 0 Å². The molecule has 2 aromatic rings. The van der Waals surface area contributed by atoms with E-state index in [1.54, 1.807) is 12.4 Å². The largest absolute Gasteiger partial charge is 0.339 e. The van der Waals surface area contributed by atoms with Crippen LogP contribution < -0.4 is 5.32 Å². The monoisotopic (exact) mass is 274 g/mol. The molecular weight excluding hydrogens is 252 g/mol. The van der Waals surface area contributed by atoms with E-state index in [2.05, 4.69) is 48.1 Å². The third kappa shape index (κ3) is 3.22. The topological polar surface area (TPSA) is 63.8 Å². The summed E-state index contributed by atoms with van der Waals surface area (Å²) in [5, 5.41) is 7.51. The van der Waals surface area contributed by atoms with Crippen LogP contribution in [0.15, 0.2) is 29.0 Å². The number of nitrogens with zero attached hydrogens (tertiary/aromatic N) is 3. The van der Waals surface area contributed by atoms with Gasteiger partial charge in [-0.1, -0.05) is 25.9 Å².